The van der Waals surface area contributed by atoms with Crippen LogP contribution in [-0.2, 0) is 0 Å². The van der Waals surface area contributed by atoms with Crippen molar-refractivity contribution in [3.8, 4) is 0 Å². The number of hydrogen-bond acceptors (Lipinski definition) is 0. The second-order valence-electron chi connectivity index (χ2n) is 0. The third-order valence-electron chi connectivity index (χ3n) is 0. The van der Waals surface area contributed by atoms with Crippen LogP contribution in [0.2, 0.25) is 0 Å². The molecule has 10 nitrogen and oxygen atoms in total. The smallest absolute Gasteiger partial charge is 1.00 e. The summed E-state index contributed by atoms with van der Waals surface area (Å²) in [7, 11) is 0. The zero-order chi connectivity index (χ0) is 0. The van der Waals surface area contributed by atoms with E-state index in [-0.39, 0.29) is 90.2 Å². The number of halogens is 1. The van der Waals surface area contributed by atoms with Gasteiger partial charge >= 0.3 is 23.1 Å². The Labute approximate surface area is 90.6 Å². The van der Waals surface area contributed by atoms with Crippen molar-refractivity contribution in [2.75, 3.05) is 0 Å². The molecule has 0 saturated carbocycles. The molecule has 0 radical (unpaired) electrons. The first-order valence-corrected chi connectivity index (χ1v) is 0. The second-order valence-corrected chi connectivity index (χ2v) is 0. The Morgan fingerprint density at radius 3 is 0.250 bits per heavy atom. The first-order chi connectivity index (χ1) is 0. The molecule has 0 aromatic rings. The maximum Gasteiger partial charge on any atom is 2.00 e. The van der Waals surface area contributed by atoms with Crippen LogP contribution in [0.25, 0.3) is 0 Å². The van der Waals surface area contributed by atoms with E-state index < -0.39 is 0 Å². The Hall–Kier alpha value is 0.656. The summed E-state index contributed by atoms with van der Waals surface area (Å²) in [6.45, 7) is 0. The predicted octanol–water partition coefficient (Wildman–Crippen LogP) is -11.6. The van der Waals surface area contributed by atoms with Crippen LogP contribution in [0.4, 0.5) is 0 Å². The van der Waals surface area contributed by atoms with Crippen molar-refractivity contribution in [2.24, 2.45) is 0 Å². The summed E-state index contributed by atoms with van der Waals surface area (Å²) in [6, 6.07) is 0. The van der Waals surface area contributed by atoms with Crippen molar-refractivity contribution in [1.82, 2.24) is 0 Å². The molecule has 0 aliphatic heterocycles. The van der Waals surface area contributed by atoms with E-state index in [9.17, 15) is 0 Å². The average Bonchev–Trinajstić information content (AvgIpc) is 0. The van der Waals surface area contributed by atoms with Gasteiger partial charge in [-0.3, -0.25) is 0 Å². The van der Waals surface area contributed by atoms with Crippen LogP contribution in [0, 0.1) is 0 Å². The van der Waals surface area contributed by atoms with E-state index in [1.165, 1.54) is 0 Å². The van der Waals surface area contributed by atoms with Gasteiger partial charge in [0.1, 0.15) is 0 Å². The zero-order valence-electron chi connectivity index (χ0n) is 6.09. The van der Waals surface area contributed by atoms with E-state index in [2.05, 4.69) is 0 Å². The van der Waals surface area contributed by atoms with Gasteiger partial charge in [0.2, 0.25) is 0 Å². The molecule has 0 rings (SSSR count). The van der Waals surface area contributed by atoms with Crippen LogP contribution in [-0.4, -0.2) is 77.8 Å². The monoisotopic (exact) mass is 239 g/mol. The van der Waals surface area contributed by atoms with Gasteiger partial charge in [-0.15, -0.1) is 0 Å². The third-order valence-corrected chi connectivity index (χ3v) is 0. The Morgan fingerprint density at radius 1 is 0.250 bits per heavy atom. The molecule has 0 aromatic heterocycles. The average molecular weight is 240 g/mol. The van der Waals surface area contributed by atoms with Gasteiger partial charge in [0, 0.05) is 0 Å². The third kappa shape index (κ3) is 2310. The molecule has 0 heterocycles. The molecule has 0 atom stereocenters. The predicted molar refractivity (Wildman–Crippen MR) is 41.9 cm³/mol. The van der Waals surface area contributed by atoms with Gasteiger partial charge in [-0.05, 0) is 0 Å². The van der Waals surface area contributed by atoms with Crippen molar-refractivity contribution in [3.05, 3.63) is 0 Å². The van der Waals surface area contributed by atoms with Gasteiger partial charge in [-0.2, -0.15) is 0 Å². The van der Waals surface area contributed by atoms with Crippen LogP contribution in [0.1, 0.15) is 0 Å². The summed E-state index contributed by atoms with van der Waals surface area (Å²) in [6.07, 6.45) is 0. The first kappa shape index (κ1) is 3990. The number of rotatable bonds is 0. The van der Waals surface area contributed by atoms with E-state index in [1.807, 2.05) is 0 Å². The van der Waals surface area contributed by atoms with Gasteiger partial charge in [0.05, 0.1) is 0 Å². The molecule has 12 heteroatoms. The fourth-order valence-corrected chi connectivity index (χ4v) is 0. The second kappa shape index (κ2) is 3070. The van der Waals surface area contributed by atoms with Crippen LogP contribution >= 0.6 is 0 Å². The molecule has 0 amide bonds. The van der Waals surface area contributed by atoms with Gasteiger partial charge in [0.15, 0.2) is 0 Å². The molecule has 0 saturated heterocycles. The van der Waals surface area contributed by atoms with Gasteiger partial charge in [-0.1, -0.05) is 0 Å². The molecule has 0 aliphatic rings. The van der Waals surface area contributed by atoms with E-state index in [0.29, 0.717) is 0 Å². The normalized spacial score (nSPS) is 0. The van der Waals surface area contributed by atoms with E-state index >= 15 is 0 Å². The summed E-state index contributed by atoms with van der Waals surface area (Å²) in [4.78, 5) is 0. The summed E-state index contributed by atoms with van der Waals surface area (Å²) in [5.74, 6) is 0. The van der Waals surface area contributed by atoms with E-state index in [0.717, 1.165) is 0 Å². The molecule has 88 valence electrons. The first-order valence-electron chi connectivity index (χ1n) is 0. The Kier molecular flexibility index (Phi) is 1020000. The minimum Gasteiger partial charge on any atom is -1.00 e. The maximum absolute atomic E-state index is 0. The van der Waals surface area contributed by atoms with Crippen molar-refractivity contribution < 1.29 is 67.2 Å². The largest absolute Gasteiger partial charge is 2.00 e. The minimum absolute atomic E-state index is 0. The van der Waals surface area contributed by atoms with E-state index in [1.54, 1.807) is 0 Å². The van der Waals surface area contributed by atoms with Gasteiger partial charge in [0.25, 0.3) is 0 Å². The van der Waals surface area contributed by atoms with Crippen molar-refractivity contribution in [3.63, 3.8) is 0 Å². The van der Waals surface area contributed by atoms with Crippen LogP contribution in [0.15, 0.2) is 0 Å². The molecule has 0 aromatic carbocycles. The van der Waals surface area contributed by atoms with Crippen LogP contribution < -0.4 is 12.4 Å². The van der Waals surface area contributed by atoms with Crippen molar-refractivity contribution in [2.45, 2.75) is 0 Å². The molecule has 0 bridgehead atoms. The molecule has 0 unspecified atom stereocenters. The van der Waals surface area contributed by atoms with Gasteiger partial charge < -0.3 is 67.2 Å². The standard InChI is InChI=1S/ClH.Mg.10H2O/h1H;;10*1H2/q;+2;;;;;;;;;;/p-1. The SMILES string of the molecule is O.O.O.O.O.O.O.O.O.O.[Cl-].[Mg+2]. The fourth-order valence-electron chi connectivity index (χ4n) is 0. The Balaban J connectivity index is 0. The summed E-state index contributed by atoms with van der Waals surface area (Å²) < 4.78 is 0. The van der Waals surface area contributed by atoms with Crippen LogP contribution in [0.3, 0.4) is 0 Å². The van der Waals surface area contributed by atoms with Crippen LogP contribution in [0.5, 0.6) is 0 Å². The summed E-state index contributed by atoms with van der Waals surface area (Å²) >= 11 is 0. The summed E-state index contributed by atoms with van der Waals surface area (Å²) in [5, 5.41) is 0. The summed E-state index contributed by atoms with van der Waals surface area (Å²) in [5.41, 5.74) is 0. The van der Waals surface area contributed by atoms with Gasteiger partial charge in [-0.25, -0.2) is 0 Å². The maximum atomic E-state index is 0. The fraction of sp³-hybridized carbons (Fsp3) is 0. The quantitative estimate of drug-likeness (QED) is 0.355. The Bertz CT molecular complexity index is 9.80. The van der Waals surface area contributed by atoms with E-state index in [4.69, 9.17) is 0 Å². The van der Waals surface area contributed by atoms with Crippen molar-refractivity contribution in [1.29, 1.82) is 0 Å². The molecule has 0 fully saturated rings. The minimum atomic E-state index is 0. The molecular weight excluding hydrogens is 220 g/mol. The molecule has 12 heavy (non-hydrogen) atoms. The molecule has 0 spiro atoms. The Morgan fingerprint density at radius 2 is 0.250 bits per heavy atom. The molecule has 20 N–H and O–H groups in total. The zero-order valence-corrected chi connectivity index (χ0v) is 8.26. The van der Waals surface area contributed by atoms with Crippen molar-refractivity contribution >= 4 is 23.1 Å². The topological polar surface area (TPSA) is 315 Å². The number of hydrogen-bond donors (Lipinski definition) is 0. The molecule has 0 aliphatic carbocycles. The molecular formula is H20ClMgO10+.